The van der Waals surface area contributed by atoms with Crippen LogP contribution in [0.1, 0.15) is 128 Å². The van der Waals surface area contributed by atoms with Crippen LogP contribution >= 0.6 is 0 Å². The molecule has 3 unspecified atom stereocenters. The van der Waals surface area contributed by atoms with E-state index in [0.717, 1.165) is 31.3 Å². The summed E-state index contributed by atoms with van der Waals surface area (Å²) in [5, 5.41) is 12.2. The average Bonchev–Trinajstić information content (AvgIpc) is 3.91. The Kier molecular flexibility index (Phi) is 17.6. The van der Waals surface area contributed by atoms with Crippen LogP contribution in [-0.4, -0.2) is 90.9 Å². The number of amides is 3. The molecule has 0 bridgehead atoms. The normalized spacial score (nSPS) is 23.5. The molecule has 4 N–H and O–H groups in total. The number of rotatable bonds is 19. The van der Waals surface area contributed by atoms with Gasteiger partial charge in [0.15, 0.2) is 5.78 Å². The molecule has 0 aromatic heterocycles. The molecule has 1 heterocycles. The Labute approximate surface area is 350 Å². The quantitative estimate of drug-likeness (QED) is 0.0633. The Hall–Kier alpha value is -3.29. The number of nitrogens with one attached hydrogen (secondary N) is 4. The summed E-state index contributed by atoms with van der Waals surface area (Å²) in [5.41, 5.74) is 1.10. The van der Waals surface area contributed by atoms with E-state index >= 15 is 0 Å². The van der Waals surface area contributed by atoms with Gasteiger partial charge in [-0.05, 0) is 114 Å². The largest absolute Gasteiger partial charge is 0.379 e. The van der Waals surface area contributed by atoms with Gasteiger partial charge in [0.2, 0.25) is 11.7 Å². The highest BCUT2D eigenvalue weighted by Crippen LogP contribution is 2.38. The van der Waals surface area contributed by atoms with E-state index < -0.39 is 57.0 Å². The monoisotopic (exact) mass is 829 g/mol. The number of hydrogen-bond donors (Lipinski definition) is 4. The lowest BCUT2D eigenvalue weighted by atomic mass is 9.77. The Bertz CT molecular complexity index is 1660. The van der Waals surface area contributed by atoms with Gasteiger partial charge in [0.25, 0.3) is 10.2 Å². The maximum absolute atomic E-state index is 14.7. The molecule has 12 nitrogen and oxygen atoms in total. The van der Waals surface area contributed by atoms with Gasteiger partial charge in [0.1, 0.15) is 6.04 Å². The minimum atomic E-state index is -3.67. The zero-order chi connectivity index (χ0) is 43.7. The van der Waals surface area contributed by atoms with Crippen LogP contribution < -0.4 is 21.3 Å². The zero-order valence-corrected chi connectivity index (χ0v) is 38.3. The lowest BCUT2D eigenvalue weighted by molar-refractivity contribution is -0.129. The van der Waals surface area contributed by atoms with Crippen molar-refractivity contribution in [2.75, 3.05) is 26.2 Å². The topological polar surface area (TPSA) is 157 Å². The molecular weight excluding hydrogens is 753 g/mol. The first-order chi connectivity index (χ1) is 26.9. The van der Waals surface area contributed by atoms with E-state index in [0.29, 0.717) is 51.2 Å². The molecule has 13 heteroatoms. The summed E-state index contributed by atoms with van der Waals surface area (Å²) in [4.78, 5) is 56.4. The van der Waals surface area contributed by atoms with Crippen LogP contribution in [0.5, 0.6) is 0 Å². The second-order valence-electron chi connectivity index (χ2n) is 19.7. The summed E-state index contributed by atoms with van der Waals surface area (Å²) in [6.45, 7) is 30.2. The fourth-order valence-corrected chi connectivity index (χ4v) is 9.82. The van der Waals surface area contributed by atoms with Gasteiger partial charge in [-0.3, -0.25) is 14.4 Å². The maximum Gasteiger partial charge on any atom is 0.315 e. The minimum Gasteiger partial charge on any atom is -0.379 e. The molecule has 0 aromatic rings. The van der Waals surface area contributed by atoms with E-state index in [1.165, 1.54) is 14.2 Å². The van der Waals surface area contributed by atoms with E-state index in [9.17, 15) is 27.6 Å². The summed E-state index contributed by atoms with van der Waals surface area (Å²) in [6, 6.07) is -2.90. The predicted octanol–water partition coefficient (Wildman–Crippen LogP) is 6.82. The second-order valence-corrected chi connectivity index (χ2v) is 21.6. The van der Waals surface area contributed by atoms with Gasteiger partial charge < -0.3 is 21.3 Å². The summed E-state index contributed by atoms with van der Waals surface area (Å²) in [5.74, 6) is -0.876. The standard InChI is InChI=1S/C45H76N6O6S/c1-14-22-46-32(7)39(52)38(31(6)25-33-18-19-33)48-42(54)36-21-20-35(26-34(27-36)17-15-16-29(2)3)40(53)41(45(11,12)13)49-43(55)47-37(44(8,9)10)28-50-23-24-51(30(4)5)58(50,56)57/h14,16,25,30,33-38,41,46H,1,7,15,17-24,26-28H2,2-6,8-13H3,(H,48,54)(H2,47,49,55)/b31-25+/t34?,35?,36-,37+,38?,41+/m0/s1. The summed E-state index contributed by atoms with van der Waals surface area (Å²) < 4.78 is 29.5. The number of ketones is 2. The minimum absolute atomic E-state index is 0.0665. The maximum atomic E-state index is 14.7. The van der Waals surface area contributed by atoms with Crippen molar-refractivity contribution in [2.45, 2.75) is 152 Å². The molecule has 0 aromatic carbocycles. The molecule has 2 saturated carbocycles. The highest BCUT2D eigenvalue weighted by molar-refractivity contribution is 7.87. The highest BCUT2D eigenvalue weighted by atomic mass is 32.2. The van der Waals surface area contributed by atoms with Gasteiger partial charge in [0, 0.05) is 50.1 Å². The third-order valence-corrected chi connectivity index (χ3v) is 14.0. The van der Waals surface area contributed by atoms with Crippen molar-refractivity contribution >= 4 is 33.7 Å². The first-order valence-corrected chi connectivity index (χ1v) is 22.8. The van der Waals surface area contributed by atoms with Crippen molar-refractivity contribution < 1.29 is 27.6 Å². The molecule has 3 fully saturated rings. The van der Waals surface area contributed by atoms with Crippen molar-refractivity contribution in [3.8, 4) is 0 Å². The van der Waals surface area contributed by atoms with E-state index in [2.05, 4.69) is 60.4 Å². The van der Waals surface area contributed by atoms with Crippen LogP contribution in [-0.2, 0) is 24.6 Å². The zero-order valence-electron chi connectivity index (χ0n) is 37.5. The third-order valence-electron chi connectivity index (χ3n) is 11.8. The Morgan fingerprint density at radius 3 is 2.02 bits per heavy atom. The molecule has 2 aliphatic carbocycles. The number of Topliss-reactive ketones (excluding diaryl/α,β-unsaturated/α-hetero) is 2. The highest BCUT2D eigenvalue weighted by Gasteiger charge is 2.43. The molecule has 6 atom stereocenters. The van der Waals surface area contributed by atoms with Gasteiger partial charge in [-0.25, -0.2) is 4.79 Å². The van der Waals surface area contributed by atoms with E-state index in [-0.39, 0.29) is 41.7 Å². The van der Waals surface area contributed by atoms with Crippen molar-refractivity contribution in [2.24, 2.45) is 34.5 Å². The molecular formula is C45H76N6O6S. The van der Waals surface area contributed by atoms with Crippen LogP contribution in [0.3, 0.4) is 0 Å². The van der Waals surface area contributed by atoms with Gasteiger partial charge in [-0.15, -0.1) is 6.58 Å². The van der Waals surface area contributed by atoms with Crippen LogP contribution in [0.25, 0.3) is 0 Å². The van der Waals surface area contributed by atoms with E-state index in [4.69, 9.17) is 0 Å². The average molecular weight is 829 g/mol. The van der Waals surface area contributed by atoms with Crippen LogP contribution in [0.2, 0.25) is 0 Å². The fourth-order valence-electron chi connectivity index (χ4n) is 8.03. The Balaban J connectivity index is 1.83. The number of carbonyl (C=O) groups is 4. The van der Waals surface area contributed by atoms with Gasteiger partial charge >= 0.3 is 6.03 Å². The van der Waals surface area contributed by atoms with Crippen molar-refractivity contribution in [1.82, 2.24) is 29.9 Å². The number of allylic oxidation sites excluding steroid dienone is 3. The van der Waals surface area contributed by atoms with Crippen molar-refractivity contribution in [3.05, 3.63) is 48.2 Å². The van der Waals surface area contributed by atoms with Crippen molar-refractivity contribution in [3.63, 3.8) is 0 Å². The third kappa shape index (κ3) is 14.2. The van der Waals surface area contributed by atoms with Gasteiger partial charge in [0.05, 0.1) is 11.7 Å². The summed E-state index contributed by atoms with van der Waals surface area (Å²) >= 11 is 0. The molecule has 58 heavy (non-hydrogen) atoms. The molecule has 0 radical (unpaired) electrons. The number of carbonyl (C=O) groups excluding carboxylic acids is 4. The predicted molar refractivity (Wildman–Crippen MR) is 234 cm³/mol. The first-order valence-electron chi connectivity index (χ1n) is 21.4. The first kappa shape index (κ1) is 49.1. The lowest BCUT2D eigenvalue weighted by Crippen LogP contribution is -2.59. The summed E-state index contributed by atoms with van der Waals surface area (Å²) in [6.07, 6.45) is 11.8. The smallest absolute Gasteiger partial charge is 0.315 e. The number of urea groups is 1. The SMILES string of the molecule is C=CCNC(=C)C(=O)C(NC(=O)[C@H]1CCC(C(=O)[C@@H](NC(=O)N[C@H](CN2CCN(C(C)C)S2(=O)=O)C(C)(C)C)C(C)(C)C)CC(CCC=C(C)C)C1)/C(C)=C/C1CC1. The van der Waals surface area contributed by atoms with Crippen LogP contribution in [0.15, 0.2) is 48.2 Å². The second kappa shape index (κ2) is 20.8. The number of nitrogens with zero attached hydrogens (tertiary/aromatic N) is 2. The molecule has 3 aliphatic rings. The molecule has 3 rings (SSSR count). The van der Waals surface area contributed by atoms with Gasteiger partial charge in [-0.2, -0.15) is 17.0 Å². The van der Waals surface area contributed by atoms with Crippen molar-refractivity contribution in [1.29, 1.82) is 0 Å². The Morgan fingerprint density at radius 2 is 1.48 bits per heavy atom. The van der Waals surface area contributed by atoms with Crippen LogP contribution in [0.4, 0.5) is 4.79 Å². The molecule has 1 saturated heterocycles. The number of hydrogen-bond acceptors (Lipinski definition) is 7. The van der Waals surface area contributed by atoms with E-state index in [1.807, 2.05) is 62.3 Å². The van der Waals surface area contributed by atoms with Crippen LogP contribution in [0, 0.1) is 34.5 Å². The van der Waals surface area contributed by atoms with Gasteiger partial charge in [-0.1, -0.05) is 71.9 Å². The summed E-state index contributed by atoms with van der Waals surface area (Å²) in [7, 11) is -3.67. The molecule has 1 aliphatic heterocycles. The molecule has 328 valence electrons. The van der Waals surface area contributed by atoms with E-state index in [1.54, 1.807) is 6.08 Å². The fraction of sp³-hybridized carbons (Fsp3) is 0.733. The molecule has 0 spiro atoms. The lowest BCUT2D eigenvalue weighted by Gasteiger charge is -2.37. The Morgan fingerprint density at radius 1 is 0.862 bits per heavy atom. The molecule has 3 amide bonds.